The van der Waals surface area contributed by atoms with Crippen LogP contribution in [0.25, 0.3) is 22.6 Å². The zero-order chi connectivity index (χ0) is 21.4. The van der Waals surface area contributed by atoms with Gasteiger partial charge in [0.1, 0.15) is 17.2 Å². The van der Waals surface area contributed by atoms with E-state index in [2.05, 4.69) is 26.7 Å². The Morgan fingerprint density at radius 1 is 1.19 bits per heavy atom. The van der Waals surface area contributed by atoms with Crippen LogP contribution in [0.1, 0.15) is 23.5 Å². The highest BCUT2D eigenvalue weighted by Gasteiger charge is 2.24. The number of benzene rings is 2. The summed E-state index contributed by atoms with van der Waals surface area (Å²) in [5, 5.41) is 7.20. The monoisotopic (exact) mass is 436 g/mol. The molecule has 8 heteroatoms. The fourth-order valence-corrected chi connectivity index (χ4v) is 4.41. The van der Waals surface area contributed by atoms with Crippen LogP contribution in [0.4, 0.5) is 10.3 Å². The molecule has 6 nitrogen and oxygen atoms in total. The summed E-state index contributed by atoms with van der Waals surface area (Å²) < 4.78 is 15.8. The molecule has 5 rings (SSSR count). The minimum absolute atomic E-state index is 0.258. The molecule has 1 unspecified atom stereocenters. The molecular weight excluding hydrogens is 415 g/mol. The molecule has 0 aliphatic carbocycles. The lowest BCUT2D eigenvalue weighted by Gasteiger charge is -2.16. The molecule has 0 amide bonds. The third-order valence-electron chi connectivity index (χ3n) is 5.78. The summed E-state index contributed by atoms with van der Waals surface area (Å²) in [5.41, 5.74) is 4.07. The molecule has 3 heterocycles. The molecule has 1 aliphatic rings. The van der Waals surface area contributed by atoms with E-state index in [1.165, 1.54) is 11.6 Å². The fourth-order valence-electron chi connectivity index (χ4n) is 4.14. The quantitative estimate of drug-likeness (QED) is 0.481. The van der Waals surface area contributed by atoms with Gasteiger partial charge in [0.05, 0.1) is 11.2 Å². The molecule has 31 heavy (non-hydrogen) atoms. The van der Waals surface area contributed by atoms with Gasteiger partial charge in [-0.2, -0.15) is 4.98 Å². The molecule has 0 saturated carbocycles. The average molecular weight is 437 g/mol. The molecule has 158 valence electrons. The van der Waals surface area contributed by atoms with Crippen molar-refractivity contribution >= 4 is 28.7 Å². The first kappa shape index (κ1) is 19.9. The van der Waals surface area contributed by atoms with Gasteiger partial charge in [-0.05, 0) is 36.6 Å². The number of fused-ring (bicyclic) bond motifs is 1. The van der Waals surface area contributed by atoms with Gasteiger partial charge in [0, 0.05) is 31.3 Å². The number of hydrogen-bond acceptors (Lipinski definition) is 5. The van der Waals surface area contributed by atoms with Crippen LogP contribution in [0.3, 0.4) is 0 Å². The van der Waals surface area contributed by atoms with Crippen molar-refractivity contribution in [2.45, 2.75) is 18.9 Å². The molecule has 0 bridgehead atoms. The number of rotatable bonds is 5. The van der Waals surface area contributed by atoms with Crippen LogP contribution in [0.5, 0.6) is 0 Å². The second-order valence-electron chi connectivity index (χ2n) is 7.74. The maximum Gasteiger partial charge on any atom is 0.225 e. The summed E-state index contributed by atoms with van der Waals surface area (Å²) in [6.07, 6.45) is 2.75. The number of halogens is 2. The van der Waals surface area contributed by atoms with E-state index >= 15 is 0 Å². The molecule has 2 aromatic carbocycles. The Morgan fingerprint density at radius 2 is 2.06 bits per heavy atom. The van der Waals surface area contributed by atoms with E-state index in [4.69, 9.17) is 16.6 Å². The molecule has 0 radical (unpaired) electrons. The van der Waals surface area contributed by atoms with Crippen molar-refractivity contribution in [2.24, 2.45) is 7.05 Å². The molecule has 1 saturated heterocycles. The highest BCUT2D eigenvalue weighted by molar-refractivity contribution is 6.33. The maximum absolute atomic E-state index is 13.9. The van der Waals surface area contributed by atoms with Gasteiger partial charge >= 0.3 is 0 Å². The van der Waals surface area contributed by atoms with Crippen LogP contribution in [0.2, 0.25) is 5.02 Å². The minimum atomic E-state index is -0.258. The molecule has 4 aromatic rings. The summed E-state index contributed by atoms with van der Waals surface area (Å²) in [5.74, 6) is 1.33. The van der Waals surface area contributed by atoms with Crippen LogP contribution >= 0.6 is 11.6 Å². The first-order chi connectivity index (χ1) is 15.1. The zero-order valence-electron chi connectivity index (χ0n) is 17.1. The van der Waals surface area contributed by atoms with Crippen molar-refractivity contribution in [2.75, 3.05) is 18.4 Å². The van der Waals surface area contributed by atoms with Gasteiger partial charge in [-0.15, -0.1) is 0 Å². The molecule has 0 spiro atoms. The maximum atomic E-state index is 13.9. The van der Waals surface area contributed by atoms with Gasteiger partial charge < -0.3 is 15.2 Å². The molecule has 1 atom stereocenters. The topological polar surface area (TPSA) is 67.7 Å². The SMILES string of the molecule is Cn1c(-c2c(Cl)cccc2C2CCNC2)nc2cnc(NCc3ccccc3F)nc21. The molecule has 1 aliphatic heterocycles. The number of imidazole rings is 1. The minimum Gasteiger partial charge on any atom is -0.350 e. The Kier molecular flexibility index (Phi) is 5.29. The van der Waals surface area contributed by atoms with E-state index in [1.807, 2.05) is 23.7 Å². The van der Waals surface area contributed by atoms with Crippen molar-refractivity contribution in [3.8, 4) is 11.4 Å². The van der Waals surface area contributed by atoms with Gasteiger partial charge in [0.25, 0.3) is 0 Å². The zero-order valence-corrected chi connectivity index (χ0v) is 17.8. The largest absolute Gasteiger partial charge is 0.350 e. The van der Waals surface area contributed by atoms with Gasteiger partial charge in [0.2, 0.25) is 5.95 Å². The standard InChI is InChI=1S/C23H22ClFN6/c1-31-21-19(13-28-23(30-21)27-12-15-5-2-3-8-18(15)25)29-22(31)20-16(6-4-7-17(20)24)14-9-10-26-11-14/h2-8,13-14,26H,9-12H2,1H3,(H,27,28,30). The predicted molar refractivity (Wildman–Crippen MR) is 121 cm³/mol. The molecular formula is C23H22ClFN6. The fraction of sp³-hybridized carbons (Fsp3) is 0.261. The number of nitrogens with zero attached hydrogens (tertiary/aromatic N) is 4. The lowest BCUT2D eigenvalue weighted by molar-refractivity contribution is 0.612. The lowest BCUT2D eigenvalue weighted by Crippen LogP contribution is -2.09. The van der Waals surface area contributed by atoms with Gasteiger partial charge in [-0.25, -0.2) is 14.4 Å². The predicted octanol–water partition coefficient (Wildman–Crippen LogP) is 4.51. The van der Waals surface area contributed by atoms with E-state index in [1.54, 1.807) is 24.4 Å². The highest BCUT2D eigenvalue weighted by atomic mass is 35.5. The van der Waals surface area contributed by atoms with Crippen LogP contribution < -0.4 is 10.6 Å². The summed E-state index contributed by atoms with van der Waals surface area (Å²) in [6.45, 7) is 2.23. The number of aryl methyl sites for hydroxylation is 1. The van der Waals surface area contributed by atoms with E-state index in [0.717, 1.165) is 30.9 Å². The second-order valence-corrected chi connectivity index (χ2v) is 8.14. The van der Waals surface area contributed by atoms with Crippen LogP contribution in [-0.2, 0) is 13.6 Å². The number of aromatic nitrogens is 4. The Hall–Kier alpha value is -3.03. The normalized spacial score (nSPS) is 16.2. The summed E-state index contributed by atoms with van der Waals surface area (Å²) >= 11 is 6.65. The van der Waals surface area contributed by atoms with Gasteiger partial charge in [0.15, 0.2) is 5.65 Å². The first-order valence-corrected chi connectivity index (χ1v) is 10.7. The second kappa shape index (κ2) is 8.24. The van der Waals surface area contributed by atoms with E-state index in [9.17, 15) is 4.39 Å². The summed E-state index contributed by atoms with van der Waals surface area (Å²) in [4.78, 5) is 13.8. The van der Waals surface area contributed by atoms with E-state index < -0.39 is 0 Å². The van der Waals surface area contributed by atoms with Crippen LogP contribution in [0.15, 0.2) is 48.7 Å². The van der Waals surface area contributed by atoms with Gasteiger partial charge in [-0.1, -0.05) is 41.9 Å². The Labute approximate surface area is 184 Å². The van der Waals surface area contributed by atoms with Crippen molar-refractivity contribution < 1.29 is 4.39 Å². The third-order valence-corrected chi connectivity index (χ3v) is 6.09. The summed E-state index contributed by atoms with van der Waals surface area (Å²) in [6, 6.07) is 12.7. The number of hydrogen-bond donors (Lipinski definition) is 2. The van der Waals surface area contributed by atoms with Crippen LogP contribution in [0, 0.1) is 5.82 Å². The Bertz CT molecular complexity index is 1250. The summed E-state index contributed by atoms with van der Waals surface area (Å²) in [7, 11) is 1.93. The number of anilines is 1. The molecule has 1 fully saturated rings. The Balaban J connectivity index is 1.51. The smallest absolute Gasteiger partial charge is 0.225 e. The number of nitrogens with one attached hydrogen (secondary N) is 2. The van der Waals surface area contributed by atoms with Crippen molar-refractivity contribution in [3.05, 3.63) is 70.6 Å². The van der Waals surface area contributed by atoms with E-state index in [0.29, 0.717) is 40.2 Å². The van der Waals surface area contributed by atoms with Gasteiger partial charge in [-0.3, -0.25) is 0 Å². The Morgan fingerprint density at radius 3 is 2.87 bits per heavy atom. The van der Waals surface area contributed by atoms with E-state index in [-0.39, 0.29) is 5.82 Å². The van der Waals surface area contributed by atoms with Crippen molar-refractivity contribution in [3.63, 3.8) is 0 Å². The molecule has 2 aromatic heterocycles. The van der Waals surface area contributed by atoms with Crippen molar-refractivity contribution in [1.29, 1.82) is 0 Å². The molecule has 2 N–H and O–H groups in total. The van der Waals surface area contributed by atoms with Crippen LogP contribution in [-0.4, -0.2) is 32.6 Å². The third kappa shape index (κ3) is 3.75. The highest BCUT2D eigenvalue weighted by Crippen LogP contribution is 2.37. The lowest BCUT2D eigenvalue weighted by atomic mass is 9.93. The average Bonchev–Trinajstić information content (AvgIpc) is 3.42. The van der Waals surface area contributed by atoms with Crippen molar-refractivity contribution in [1.82, 2.24) is 24.8 Å². The first-order valence-electron chi connectivity index (χ1n) is 10.3.